The van der Waals surface area contributed by atoms with Crippen molar-refractivity contribution in [1.29, 1.82) is 0 Å². The Labute approximate surface area is 142 Å². The van der Waals surface area contributed by atoms with E-state index >= 15 is 0 Å². The molecule has 0 aliphatic rings. The molecule has 0 atom stereocenters. The fraction of sp³-hybridized carbons (Fsp3) is 0.556. The number of hydrogen-bond donors (Lipinski definition) is 0. The maximum absolute atomic E-state index is 12.2. The molecular weight excluding hydrogens is 308 g/mol. The molecule has 1 aromatic heterocycles. The normalized spacial score (nSPS) is 11.8. The number of thioether (sulfide) groups is 1. The Bertz CT molecular complexity index is 659. The highest BCUT2D eigenvalue weighted by Crippen LogP contribution is 2.25. The summed E-state index contributed by atoms with van der Waals surface area (Å²) in [5.74, 6) is 0.793. The minimum Gasteiger partial charge on any atom is -0.459 e. The second-order valence-corrected chi connectivity index (χ2v) is 7.67. The fourth-order valence-electron chi connectivity index (χ4n) is 2.33. The number of aromatic nitrogens is 2. The molecule has 1 heterocycles. The van der Waals surface area contributed by atoms with Crippen LogP contribution in [0.3, 0.4) is 0 Å². The highest BCUT2D eigenvalue weighted by molar-refractivity contribution is 7.99. The lowest BCUT2D eigenvalue weighted by molar-refractivity contribution is -0.155. The van der Waals surface area contributed by atoms with E-state index < -0.39 is 5.60 Å². The van der Waals surface area contributed by atoms with Crippen LogP contribution in [0.1, 0.15) is 47.0 Å². The lowest BCUT2D eigenvalue weighted by Gasteiger charge is -2.20. The monoisotopic (exact) mass is 334 g/mol. The largest absolute Gasteiger partial charge is 0.459 e. The van der Waals surface area contributed by atoms with E-state index in [0.717, 1.165) is 28.4 Å². The summed E-state index contributed by atoms with van der Waals surface area (Å²) < 4.78 is 7.43. The second kappa shape index (κ2) is 7.86. The van der Waals surface area contributed by atoms with Crippen LogP contribution in [0.25, 0.3) is 11.0 Å². The van der Waals surface area contributed by atoms with E-state index in [0.29, 0.717) is 0 Å². The van der Waals surface area contributed by atoms with Crippen molar-refractivity contribution in [3.05, 3.63) is 24.3 Å². The lowest BCUT2D eigenvalue weighted by atomic mass is 10.2. The van der Waals surface area contributed by atoms with Gasteiger partial charge in [-0.25, -0.2) is 4.98 Å². The van der Waals surface area contributed by atoms with Gasteiger partial charge in [0.15, 0.2) is 5.16 Å². The zero-order valence-corrected chi connectivity index (χ0v) is 15.3. The van der Waals surface area contributed by atoms with Gasteiger partial charge in [-0.2, -0.15) is 0 Å². The lowest BCUT2D eigenvalue weighted by Crippen LogP contribution is -2.26. The highest BCUT2D eigenvalue weighted by atomic mass is 32.2. The van der Waals surface area contributed by atoms with E-state index in [1.54, 1.807) is 11.8 Å². The van der Waals surface area contributed by atoms with Crippen molar-refractivity contribution < 1.29 is 9.53 Å². The fourth-order valence-corrected chi connectivity index (χ4v) is 3.35. The standard InChI is InChI=1S/C18H26N2O2S/c1-5-6-9-12-23-17-19-14-10-7-8-11-15(14)20(17)13-16(21)22-18(2,3)4/h7-8,10-11H,5-6,9,12-13H2,1-4H3. The van der Waals surface area contributed by atoms with E-state index in [4.69, 9.17) is 4.74 Å². The first kappa shape index (κ1) is 17.9. The van der Waals surface area contributed by atoms with Crippen LogP contribution in [0.4, 0.5) is 0 Å². The number of hydrogen-bond acceptors (Lipinski definition) is 4. The topological polar surface area (TPSA) is 44.1 Å². The van der Waals surface area contributed by atoms with Gasteiger partial charge in [-0.1, -0.05) is 43.7 Å². The molecule has 2 aromatic rings. The Balaban J connectivity index is 2.19. The molecule has 2 rings (SSSR count). The van der Waals surface area contributed by atoms with Gasteiger partial charge in [0.1, 0.15) is 12.1 Å². The van der Waals surface area contributed by atoms with E-state index in [1.807, 2.05) is 49.6 Å². The first-order valence-corrected chi connectivity index (χ1v) is 9.19. The zero-order chi connectivity index (χ0) is 16.9. The third-order valence-electron chi connectivity index (χ3n) is 3.31. The first-order chi connectivity index (χ1) is 10.9. The number of imidazole rings is 1. The molecular formula is C18H26N2O2S. The number of unbranched alkanes of at least 4 members (excludes halogenated alkanes) is 2. The SMILES string of the molecule is CCCCCSc1nc2ccccc2n1CC(=O)OC(C)(C)C. The smallest absolute Gasteiger partial charge is 0.326 e. The molecule has 0 unspecified atom stereocenters. The van der Waals surface area contributed by atoms with Crippen LogP contribution in [0.5, 0.6) is 0 Å². The van der Waals surface area contributed by atoms with Crippen LogP contribution in [0.2, 0.25) is 0 Å². The van der Waals surface area contributed by atoms with Crippen LogP contribution in [-0.4, -0.2) is 26.9 Å². The van der Waals surface area contributed by atoms with Gasteiger partial charge in [-0.3, -0.25) is 4.79 Å². The number of rotatable bonds is 7. The average molecular weight is 334 g/mol. The number of fused-ring (bicyclic) bond motifs is 1. The van der Waals surface area contributed by atoms with Gasteiger partial charge >= 0.3 is 5.97 Å². The van der Waals surface area contributed by atoms with Crippen molar-refractivity contribution in [2.45, 2.75) is 64.3 Å². The number of benzene rings is 1. The summed E-state index contributed by atoms with van der Waals surface area (Å²) in [6.45, 7) is 8.06. The summed E-state index contributed by atoms with van der Waals surface area (Å²) in [6.07, 6.45) is 3.59. The summed E-state index contributed by atoms with van der Waals surface area (Å²) in [5.41, 5.74) is 1.44. The Morgan fingerprint density at radius 1 is 1.26 bits per heavy atom. The van der Waals surface area contributed by atoms with Gasteiger partial charge in [-0.15, -0.1) is 0 Å². The zero-order valence-electron chi connectivity index (χ0n) is 14.5. The number of nitrogens with zero attached hydrogens (tertiary/aromatic N) is 2. The van der Waals surface area contributed by atoms with Crippen molar-refractivity contribution in [1.82, 2.24) is 9.55 Å². The quantitative estimate of drug-likeness (QED) is 0.420. The summed E-state index contributed by atoms with van der Waals surface area (Å²) in [7, 11) is 0. The number of carbonyl (C=O) groups excluding carboxylic acids is 1. The predicted octanol–water partition coefficient (Wildman–Crippen LogP) is 4.66. The molecule has 0 N–H and O–H groups in total. The third kappa shape index (κ3) is 5.27. The van der Waals surface area contributed by atoms with Crippen LogP contribution in [-0.2, 0) is 16.1 Å². The Morgan fingerprint density at radius 2 is 2.00 bits per heavy atom. The summed E-state index contributed by atoms with van der Waals surface area (Å²) in [4.78, 5) is 16.9. The van der Waals surface area contributed by atoms with E-state index in [2.05, 4.69) is 11.9 Å². The first-order valence-electron chi connectivity index (χ1n) is 8.20. The average Bonchev–Trinajstić information content (AvgIpc) is 2.80. The van der Waals surface area contributed by atoms with Crippen molar-refractivity contribution >= 4 is 28.8 Å². The van der Waals surface area contributed by atoms with Crippen molar-refractivity contribution in [2.24, 2.45) is 0 Å². The molecule has 0 aliphatic carbocycles. The van der Waals surface area contributed by atoms with Gasteiger partial charge in [0.25, 0.3) is 0 Å². The summed E-state index contributed by atoms with van der Waals surface area (Å²) >= 11 is 1.72. The minimum atomic E-state index is -0.470. The molecule has 0 spiro atoms. The molecule has 4 nitrogen and oxygen atoms in total. The van der Waals surface area contributed by atoms with Crippen LogP contribution in [0.15, 0.2) is 29.4 Å². The molecule has 0 amide bonds. The van der Waals surface area contributed by atoms with Crippen LogP contribution < -0.4 is 0 Å². The van der Waals surface area contributed by atoms with Crippen LogP contribution in [0, 0.1) is 0 Å². The Morgan fingerprint density at radius 3 is 2.70 bits per heavy atom. The van der Waals surface area contributed by atoms with E-state index in [1.165, 1.54) is 12.8 Å². The number of para-hydroxylation sites is 2. The van der Waals surface area contributed by atoms with Crippen LogP contribution >= 0.6 is 11.8 Å². The molecule has 0 saturated carbocycles. The second-order valence-electron chi connectivity index (χ2n) is 6.61. The molecule has 0 saturated heterocycles. The minimum absolute atomic E-state index is 0.202. The molecule has 5 heteroatoms. The van der Waals surface area contributed by atoms with Gasteiger partial charge in [0.2, 0.25) is 0 Å². The Kier molecular flexibility index (Phi) is 6.10. The van der Waals surface area contributed by atoms with Gasteiger partial charge < -0.3 is 9.30 Å². The molecule has 0 bridgehead atoms. The third-order valence-corrected chi connectivity index (χ3v) is 4.37. The maximum atomic E-state index is 12.2. The Hall–Kier alpha value is -1.49. The van der Waals surface area contributed by atoms with E-state index in [9.17, 15) is 4.79 Å². The van der Waals surface area contributed by atoms with Gasteiger partial charge in [0.05, 0.1) is 11.0 Å². The molecule has 126 valence electrons. The molecule has 1 aromatic carbocycles. The number of esters is 1. The summed E-state index contributed by atoms with van der Waals surface area (Å²) in [5, 5.41) is 0.896. The molecule has 0 fully saturated rings. The van der Waals surface area contributed by atoms with Gasteiger partial charge in [0, 0.05) is 5.75 Å². The molecule has 0 aliphatic heterocycles. The molecule has 23 heavy (non-hydrogen) atoms. The highest BCUT2D eigenvalue weighted by Gasteiger charge is 2.19. The van der Waals surface area contributed by atoms with Crippen molar-refractivity contribution in [2.75, 3.05) is 5.75 Å². The van der Waals surface area contributed by atoms with Crippen molar-refractivity contribution in [3.8, 4) is 0 Å². The number of carbonyl (C=O) groups is 1. The van der Waals surface area contributed by atoms with Gasteiger partial charge in [-0.05, 0) is 39.3 Å². The van der Waals surface area contributed by atoms with Crippen molar-refractivity contribution in [3.63, 3.8) is 0 Å². The van der Waals surface area contributed by atoms with E-state index in [-0.39, 0.29) is 12.5 Å². The maximum Gasteiger partial charge on any atom is 0.326 e. The summed E-state index contributed by atoms with van der Waals surface area (Å²) in [6, 6.07) is 7.93. The predicted molar refractivity (Wildman–Crippen MR) is 95.8 cm³/mol. The molecule has 0 radical (unpaired) electrons. The number of ether oxygens (including phenoxy) is 1.